The molecule has 13 heavy (non-hydrogen) atoms. The van der Waals surface area contributed by atoms with Crippen molar-refractivity contribution in [1.29, 1.82) is 0 Å². The fourth-order valence-electron chi connectivity index (χ4n) is 1.40. The number of nitrogens with zero attached hydrogens (tertiary/aromatic N) is 1. The summed E-state index contributed by atoms with van der Waals surface area (Å²) >= 11 is 3.26. The van der Waals surface area contributed by atoms with Gasteiger partial charge in [0, 0.05) is 0 Å². The van der Waals surface area contributed by atoms with Crippen molar-refractivity contribution in [3.8, 4) is 0 Å². The van der Waals surface area contributed by atoms with E-state index in [9.17, 15) is 4.79 Å². The van der Waals surface area contributed by atoms with Gasteiger partial charge in [0.25, 0.3) is 0 Å². The zero-order valence-electron chi connectivity index (χ0n) is 7.39. The number of anilines is 1. The van der Waals surface area contributed by atoms with Crippen molar-refractivity contribution in [2.24, 2.45) is 0 Å². The van der Waals surface area contributed by atoms with E-state index in [1.54, 1.807) is 12.1 Å². The highest BCUT2D eigenvalue weighted by molar-refractivity contribution is 9.10. The Kier molecular flexibility index (Phi) is 1.70. The third-order valence-corrected chi connectivity index (χ3v) is 2.55. The average molecular weight is 241 g/mol. The van der Waals surface area contributed by atoms with Crippen LogP contribution in [0, 0.1) is 0 Å². The second-order valence-electron chi connectivity index (χ2n) is 3.61. The largest absolute Gasteiger partial charge is 0.357 e. The van der Waals surface area contributed by atoms with Gasteiger partial charge >= 0.3 is 0 Å². The van der Waals surface area contributed by atoms with Crippen LogP contribution in [-0.2, 0) is 0 Å². The van der Waals surface area contributed by atoms with E-state index in [0.29, 0.717) is 11.4 Å². The van der Waals surface area contributed by atoms with Crippen LogP contribution in [0.5, 0.6) is 0 Å². The Balaban J connectivity index is 2.57. The number of halogens is 1. The fourth-order valence-corrected chi connectivity index (χ4v) is 1.71. The molecule has 3 nitrogen and oxygen atoms in total. The highest BCUT2D eigenvalue weighted by atomic mass is 79.9. The van der Waals surface area contributed by atoms with Crippen molar-refractivity contribution in [3.63, 3.8) is 0 Å². The maximum absolute atomic E-state index is 11.7. The molecule has 0 aliphatic carbocycles. The minimum absolute atomic E-state index is 0.0995. The van der Waals surface area contributed by atoms with Gasteiger partial charge in [-0.05, 0) is 41.9 Å². The molecule has 0 saturated heterocycles. The average Bonchev–Trinajstić information content (AvgIpc) is 2.22. The molecule has 2 rings (SSSR count). The molecule has 0 unspecified atom stereocenters. The van der Waals surface area contributed by atoms with Crippen molar-refractivity contribution in [1.82, 2.24) is 4.98 Å². The van der Waals surface area contributed by atoms with Crippen molar-refractivity contribution in [2.75, 3.05) is 5.32 Å². The Morgan fingerprint density at radius 1 is 1.46 bits per heavy atom. The van der Waals surface area contributed by atoms with Crippen LogP contribution in [0.25, 0.3) is 0 Å². The van der Waals surface area contributed by atoms with Gasteiger partial charge in [-0.25, -0.2) is 4.98 Å². The van der Waals surface area contributed by atoms with Crippen LogP contribution in [0.4, 0.5) is 5.82 Å². The second-order valence-corrected chi connectivity index (χ2v) is 4.42. The molecule has 1 N–H and O–H groups in total. The van der Waals surface area contributed by atoms with Gasteiger partial charge in [-0.15, -0.1) is 0 Å². The van der Waals surface area contributed by atoms with E-state index >= 15 is 0 Å². The number of nitrogens with one attached hydrogen (secondary N) is 1. The molecule has 0 spiro atoms. The van der Waals surface area contributed by atoms with E-state index in [1.165, 1.54) is 0 Å². The molecule has 4 heteroatoms. The number of carbonyl (C=O) groups excluding carboxylic acids is 1. The molecule has 0 saturated carbocycles. The van der Waals surface area contributed by atoms with Gasteiger partial charge in [0.2, 0.25) is 0 Å². The smallest absolute Gasteiger partial charge is 0.191 e. The van der Waals surface area contributed by atoms with E-state index in [1.807, 2.05) is 13.8 Å². The molecule has 68 valence electrons. The molecule has 1 aromatic heterocycles. The van der Waals surface area contributed by atoms with Gasteiger partial charge in [0.1, 0.15) is 10.4 Å². The predicted octanol–water partition coefficient (Wildman–Crippen LogP) is 2.23. The lowest BCUT2D eigenvalue weighted by Crippen LogP contribution is -2.33. The minimum Gasteiger partial charge on any atom is -0.357 e. The van der Waals surface area contributed by atoms with Crippen molar-refractivity contribution in [2.45, 2.75) is 19.4 Å². The molecule has 0 aromatic carbocycles. The SMILES string of the molecule is CC1(C)Nc2nc(Br)ccc2C1=O. The molecule has 0 atom stereocenters. The summed E-state index contributed by atoms with van der Waals surface area (Å²) in [5, 5.41) is 3.07. The number of hydrogen-bond donors (Lipinski definition) is 1. The van der Waals surface area contributed by atoms with E-state index in [0.717, 1.165) is 4.60 Å². The van der Waals surface area contributed by atoms with Gasteiger partial charge in [0.15, 0.2) is 5.78 Å². The first-order valence-electron chi connectivity index (χ1n) is 4.00. The van der Waals surface area contributed by atoms with E-state index in [4.69, 9.17) is 0 Å². The summed E-state index contributed by atoms with van der Waals surface area (Å²) in [5.41, 5.74) is 0.157. The first kappa shape index (κ1) is 8.69. The number of rotatable bonds is 0. The van der Waals surface area contributed by atoms with E-state index in [2.05, 4.69) is 26.2 Å². The van der Waals surface area contributed by atoms with Crippen LogP contribution in [0.15, 0.2) is 16.7 Å². The minimum atomic E-state index is -0.518. The lowest BCUT2D eigenvalue weighted by Gasteiger charge is -2.15. The first-order valence-corrected chi connectivity index (χ1v) is 4.79. The summed E-state index contributed by atoms with van der Waals surface area (Å²) in [6.07, 6.45) is 0. The van der Waals surface area contributed by atoms with Crippen LogP contribution in [0.2, 0.25) is 0 Å². The molecule has 0 bridgehead atoms. The molecule has 0 fully saturated rings. The molecule has 0 radical (unpaired) electrons. The summed E-state index contributed by atoms with van der Waals surface area (Å²) in [5.74, 6) is 0.770. The fraction of sp³-hybridized carbons (Fsp3) is 0.333. The van der Waals surface area contributed by atoms with Crippen LogP contribution in [0.3, 0.4) is 0 Å². The topological polar surface area (TPSA) is 42.0 Å². The molecule has 2 heterocycles. The van der Waals surface area contributed by atoms with Crippen LogP contribution < -0.4 is 5.32 Å². The molecule has 0 amide bonds. The number of pyridine rings is 1. The maximum Gasteiger partial charge on any atom is 0.191 e. The molecule has 1 aliphatic rings. The number of aromatic nitrogens is 1. The molecule has 1 aromatic rings. The highest BCUT2D eigenvalue weighted by Gasteiger charge is 2.37. The monoisotopic (exact) mass is 240 g/mol. The summed E-state index contributed by atoms with van der Waals surface area (Å²) in [7, 11) is 0. The Labute approximate surface area is 84.7 Å². The van der Waals surface area contributed by atoms with Crippen molar-refractivity contribution >= 4 is 27.5 Å². The van der Waals surface area contributed by atoms with Crippen LogP contribution >= 0.6 is 15.9 Å². The third-order valence-electron chi connectivity index (χ3n) is 2.10. The van der Waals surface area contributed by atoms with Gasteiger partial charge in [0.05, 0.1) is 11.1 Å². The Hall–Kier alpha value is -0.900. The Bertz CT molecular complexity index is 387. The number of ketones is 1. The van der Waals surface area contributed by atoms with E-state index < -0.39 is 5.54 Å². The number of fused-ring (bicyclic) bond motifs is 1. The third kappa shape index (κ3) is 1.25. The zero-order chi connectivity index (χ0) is 9.64. The van der Waals surface area contributed by atoms with Gasteiger partial charge in [-0.3, -0.25) is 4.79 Å². The lowest BCUT2D eigenvalue weighted by atomic mass is 9.99. The van der Waals surface area contributed by atoms with Gasteiger partial charge in [-0.1, -0.05) is 0 Å². The molecular formula is C9H9BrN2O. The quantitative estimate of drug-likeness (QED) is 0.708. The van der Waals surface area contributed by atoms with Gasteiger partial charge < -0.3 is 5.32 Å². The first-order chi connectivity index (χ1) is 6.00. The van der Waals surface area contributed by atoms with Crippen LogP contribution in [-0.4, -0.2) is 16.3 Å². The number of Topliss-reactive ketones (excluding diaryl/α,β-unsaturated/α-hetero) is 1. The number of hydrogen-bond acceptors (Lipinski definition) is 3. The van der Waals surface area contributed by atoms with Crippen LogP contribution in [0.1, 0.15) is 24.2 Å². The molecular weight excluding hydrogens is 232 g/mol. The van der Waals surface area contributed by atoms with Gasteiger partial charge in [-0.2, -0.15) is 0 Å². The summed E-state index contributed by atoms with van der Waals surface area (Å²) in [6.45, 7) is 3.70. The predicted molar refractivity (Wildman–Crippen MR) is 54.0 cm³/mol. The summed E-state index contributed by atoms with van der Waals surface area (Å²) in [6, 6.07) is 3.57. The summed E-state index contributed by atoms with van der Waals surface area (Å²) < 4.78 is 0.740. The van der Waals surface area contributed by atoms with Crippen molar-refractivity contribution in [3.05, 3.63) is 22.3 Å². The molecule has 1 aliphatic heterocycles. The second kappa shape index (κ2) is 2.54. The normalized spacial score (nSPS) is 18.2. The standard InChI is InChI=1S/C9H9BrN2O/c1-9(2)7(13)5-3-4-6(10)11-8(5)12-9/h3-4H,1-2H3,(H,11,12). The maximum atomic E-state index is 11.7. The highest BCUT2D eigenvalue weighted by Crippen LogP contribution is 2.31. The van der Waals surface area contributed by atoms with E-state index in [-0.39, 0.29) is 5.78 Å². The van der Waals surface area contributed by atoms with Crippen molar-refractivity contribution < 1.29 is 4.79 Å². The summed E-state index contributed by atoms with van der Waals surface area (Å²) in [4.78, 5) is 15.9. The number of carbonyl (C=O) groups is 1. The zero-order valence-corrected chi connectivity index (χ0v) is 8.97. The lowest BCUT2D eigenvalue weighted by molar-refractivity contribution is 0.0939. The Morgan fingerprint density at radius 3 is 2.85 bits per heavy atom. The Morgan fingerprint density at radius 2 is 2.15 bits per heavy atom.